The Bertz CT molecular complexity index is 1100. The van der Waals surface area contributed by atoms with Crippen LogP contribution in [0.4, 0.5) is 5.00 Å². The first-order valence-corrected chi connectivity index (χ1v) is 11.9. The lowest BCUT2D eigenvalue weighted by molar-refractivity contribution is -0.113. The van der Waals surface area contributed by atoms with E-state index in [0.717, 1.165) is 41.1 Å². The zero-order valence-corrected chi connectivity index (χ0v) is 19.0. The second-order valence-electron chi connectivity index (χ2n) is 7.49. The van der Waals surface area contributed by atoms with Crippen molar-refractivity contribution in [3.05, 3.63) is 58.7 Å². The van der Waals surface area contributed by atoms with Gasteiger partial charge in [-0.05, 0) is 36.8 Å². The minimum atomic E-state index is -0.390. The summed E-state index contributed by atoms with van der Waals surface area (Å²) in [6.45, 7) is 2.21. The first-order valence-electron chi connectivity index (χ1n) is 10.1. The van der Waals surface area contributed by atoms with Crippen molar-refractivity contribution >= 4 is 40.0 Å². The van der Waals surface area contributed by atoms with Crippen LogP contribution in [0.5, 0.6) is 0 Å². The molecule has 2 heterocycles. The first kappa shape index (κ1) is 21.5. The zero-order valence-electron chi connectivity index (χ0n) is 17.4. The van der Waals surface area contributed by atoms with Gasteiger partial charge >= 0.3 is 5.97 Å². The standard InChI is InChI=1S/C23H23N3O3S2/c1-14-8-9-16-18(10-14)31-22(21(16)23(28)29-2)26-19(27)12-30-20-11-17(24-13-25-20)15-6-4-3-5-7-15/h3-7,11,13-14H,8-10,12H2,1-2H3,(H,26,27)/t14-/m1/s1. The number of thiophene rings is 1. The van der Waals surface area contributed by atoms with Crippen LogP contribution in [0.15, 0.2) is 47.8 Å². The number of benzene rings is 1. The van der Waals surface area contributed by atoms with Crippen molar-refractivity contribution in [1.82, 2.24) is 9.97 Å². The summed E-state index contributed by atoms with van der Waals surface area (Å²) < 4.78 is 4.99. The molecule has 1 N–H and O–H groups in total. The Morgan fingerprint density at radius 2 is 2.06 bits per heavy atom. The van der Waals surface area contributed by atoms with Crippen molar-refractivity contribution in [2.75, 3.05) is 18.2 Å². The quantitative estimate of drug-likeness (QED) is 0.327. The van der Waals surface area contributed by atoms with Crippen LogP contribution in [0.1, 0.15) is 34.1 Å². The van der Waals surface area contributed by atoms with Gasteiger partial charge in [-0.1, -0.05) is 49.0 Å². The molecule has 1 aromatic carbocycles. The van der Waals surface area contributed by atoms with Crippen molar-refractivity contribution in [2.45, 2.75) is 31.2 Å². The molecule has 4 rings (SSSR count). The number of anilines is 1. The molecule has 0 saturated carbocycles. The molecule has 2 aromatic heterocycles. The van der Waals surface area contributed by atoms with E-state index in [2.05, 4.69) is 22.2 Å². The van der Waals surface area contributed by atoms with Crippen LogP contribution >= 0.6 is 23.1 Å². The van der Waals surface area contributed by atoms with Gasteiger partial charge in [0.1, 0.15) is 16.4 Å². The van der Waals surface area contributed by atoms with Gasteiger partial charge in [-0.15, -0.1) is 11.3 Å². The smallest absolute Gasteiger partial charge is 0.341 e. The highest BCUT2D eigenvalue weighted by Crippen LogP contribution is 2.40. The van der Waals surface area contributed by atoms with Gasteiger partial charge in [-0.3, -0.25) is 4.79 Å². The van der Waals surface area contributed by atoms with E-state index in [0.29, 0.717) is 16.5 Å². The molecule has 1 amide bonds. The van der Waals surface area contributed by atoms with Crippen molar-refractivity contribution in [3.8, 4) is 11.3 Å². The summed E-state index contributed by atoms with van der Waals surface area (Å²) in [5, 5.41) is 4.24. The van der Waals surface area contributed by atoms with Crippen LogP contribution in [0.2, 0.25) is 0 Å². The molecular formula is C23H23N3O3S2. The lowest BCUT2D eigenvalue weighted by Gasteiger charge is -2.18. The summed E-state index contributed by atoms with van der Waals surface area (Å²) in [7, 11) is 1.37. The molecule has 1 aliphatic carbocycles. The normalized spacial score (nSPS) is 15.2. The topological polar surface area (TPSA) is 81.2 Å². The Kier molecular flexibility index (Phi) is 6.67. The van der Waals surface area contributed by atoms with E-state index in [9.17, 15) is 9.59 Å². The van der Waals surface area contributed by atoms with Gasteiger partial charge in [0.2, 0.25) is 5.91 Å². The number of methoxy groups -OCH3 is 1. The average molecular weight is 454 g/mol. The number of nitrogens with one attached hydrogen (secondary N) is 1. The number of ether oxygens (including phenoxy) is 1. The predicted molar refractivity (Wildman–Crippen MR) is 124 cm³/mol. The molecule has 31 heavy (non-hydrogen) atoms. The maximum Gasteiger partial charge on any atom is 0.341 e. The third kappa shape index (κ3) is 4.97. The lowest BCUT2D eigenvalue weighted by atomic mass is 9.88. The Hall–Kier alpha value is -2.71. The van der Waals surface area contributed by atoms with Crippen LogP contribution in [0.3, 0.4) is 0 Å². The summed E-state index contributed by atoms with van der Waals surface area (Å²) in [6, 6.07) is 11.7. The van der Waals surface area contributed by atoms with Gasteiger partial charge in [-0.2, -0.15) is 0 Å². The third-order valence-corrected chi connectivity index (χ3v) is 7.31. The van der Waals surface area contributed by atoms with E-state index >= 15 is 0 Å². The number of hydrogen-bond donors (Lipinski definition) is 1. The highest BCUT2D eigenvalue weighted by molar-refractivity contribution is 7.99. The van der Waals surface area contributed by atoms with Crippen molar-refractivity contribution in [1.29, 1.82) is 0 Å². The Morgan fingerprint density at radius 3 is 2.84 bits per heavy atom. The summed E-state index contributed by atoms with van der Waals surface area (Å²) in [4.78, 5) is 34.8. The van der Waals surface area contributed by atoms with Crippen LogP contribution < -0.4 is 5.32 Å². The molecule has 0 aliphatic heterocycles. The Morgan fingerprint density at radius 1 is 1.26 bits per heavy atom. The van der Waals surface area contributed by atoms with E-state index < -0.39 is 5.97 Å². The molecule has 1 atom stereocenters. The van der Waals surface area contributed by atoms with E-state index in [1.807, 2.05) is 36.4 Å². The van der Waals surface area contributed by atoms with Crippen LogP contribution in [0, 0.1) is 5.92 Å². The Balaban J connectivity index is 1.46. The lowest BCUT2D eigenvalue weighted by Crippen LogP contribution is -2.17. The molecule has 6 nitrogen and oxygen atoms in total. The number of carbonyl (C=O) groups is 2. The fraction of sp³-hybridized carbons (Fsp3) is 0.304. The van der Waals surface area contributed by atoms with Crippen LogP contribution in [0.25, 0.3) is 11.3 Å². The van der Waals surface area contributed by atoms with E-state index in [1.165, 1.54) is 41.4 Å². The zero-order chi connectivity index (χ0) is 21.8. The molecule has 0 bridgehead atoms. The number of carbonyl (C=O) groups excluding carboxylic acids is 2. The third-order valence-electron chi connectivity index (χ3n) is 5.22. The van der Waals surface area contributed by atoms with Gasteiger partial charge in [0.05, 0.1) is 24.1 Å². The number of thioether (sulfide) groups is 1. The van der Waals surface area contributed by atoms with Crippen LogP contribution in [-0.2, 0) is 22.4 Å². The minimum Gasteiger partial charge on any atom is -0.465 e. The molecule has 0 radical (unpaired) electrons. The maximum absolute atomic E-state index is 12.7. The molecular weight excluding hydrogens is 430 g/mol. The van der Waals surface area contributed by atoms with Crippen molar-refractivity contribution < 1.29 is 14.3 Å². The van der Waals surface area contributed by atoms with E-state index in [4.69, 9.17) is 4.74 Å². The average Bonchev–Trinajstić information content (AvgIpc) is 3.14. The highest BCUT2D eigenvalue weighted by Gasteiger charge is 2.28. The maximum atomic E-state index is 12.7. The molecule has 0 spiro atoms. The molecule has 0 fully saturated rings. The van der Waals surface area contributed by atoms with Crippen molar-refractivity contribution in [3.63, 3.8) is 0 Å². The molecule has 3 aromatic rings. The van der Waals surface area contributed by atoms with E-state index in [-0.39, 0.29) is 11.7 Å². The first-order chi connectivity index (χ1) is 15.0. The number of nitrogens with zero attached hydrogens (tertiary/aromatic N) is 2. The molecule has 8 heteroatoms. The summed E-state index contributed by atoms with van der Waals surface area (Å²) >= 11 is 2.83. The number of fused-ring (bicyclic) bond motifs is 1. The number of amides is 1. The predicted octanol–water partition coefficient (Wildman–Crippen LogP) is 4.85. The van der Waals surface area contributed by atoms with Crippen LogP contribution in [-0.4, -0.2) is 34.7 Å². The second-order valence-corrected chi connectivity index (χ2v) is 9.59. The van der Waals surface area contributed by atoms with Gasteiger partial charge in [0.15, 0.2) is 0 Å². The second kappa shape index (κ2) is 9.62. The molecule has 0 unspecified atom stereocenters. The largest absolute Gasteiger partial charge is 0.465 e. The summed E-state index contributed by atoms with van der Waals surface area (Å²) in [5.74, 6) is 0.192. The minimum absolute atomic E-state index is 0.179. The molecule has 160 valence electrons. The Labute approximate surface area is 189 Å². The number of rotatable bonds is 6. The van der Waals surface area contributed by atoms with Gasteiger partial charge in [0, 0.05) is 10.4 Å². The summed E-state index contributed by atoms with van der Waals surface area (Å²) in [5.41, 5.74) is 3.35. The fourth-order valence-electron chi connectivity index (χ4n) is 3.64. The van der Waals surface area contributed by atoms with Gasteiger partial charge in [0.25, 0.3) is 0 Å². The highest BCUT2D eigenvalue weighted by atomic mass is 32.2. The van der Waals surface area contributed by atoms with Crippen molar-refractivity contribution in [2.24, 2.45) is 5.92 Å². The number of aromatic nitrogens is 2. The fourth-order valence-corrected chi connectivity index (χ4v) is 5.73. The number of hydrogen-bond acceptors (Lipinski definition) is 7. The summed E-state index contributed by atoms with van der Waals surface area (Å²) in [6.07, 6.45) is 4.31. The molecule has 0 saturated heterocycles. The SMILES string of the molecule is COC(=O)c1c(NC(=O)CSc2cc(-c3ccccc3)ncn2)sc2c1CC[C@@H](C)C2. The number of esters is 1. The van der Waals surface area contributed by atoms with Gasteiger partial charge in [-0.25, -0.2) is 14.8 Å². The molecule has 1 aliphatic rings. The van der Waals surface area contributed by atoms with E-state index in [1.54, 1.807) is 0 Å². The van der Waals surface area contributed by atoms with Gasteiger partial charge < -0.3 is 10.1 Å². The monoisotopic (exact) mass is 453 g/mol.